The first-order valence-electron chi connectivity index (χ1n) is 7.02. The van der Waals surface area contributed by atoms with Gasteiger partial charge < -0.3 is 10.4 Å². The van der Waals surface area contributed by atoms with Gasteiger partial charge in [-0.2, -0.15) is 0 Å². The molecule has 0 saturated heterocycles. The van der Waals surface area contributed by atoms with Gasteiger partial charge in [-0.05, 0) is 37.6 Å². The quantitative estimate of drug-likeness (QED) is 0.751. The van der Waals surface area contributed by atoms with Gasteiger partial charge in [0.1, 0.15) is 0 Å². The van der Waals surface area contributed by atoms with E-state index >= 15 is 0 Å². The smallest absolute Gasteiger partial charge is 0.306 e. The van der Waals surface area contributed by atoms with E-state index in [1.165, 1.54) is 6.42 Å². The maximum absolute atomic E-state index is 11.2. The number of aliphatic carboxylic acids is 1. The summed E-state index contributed by atoms with van der Waals surface area (Å²) in [5, 5.41) is 12.8. The van der Waals surface area contributed by atoms with Gasteiger partial charge in [-0.1, -0.05) is 33.6 Å². The molecule has 1 fully saturated rings. The van der Waals surface area contributed by atoms with Crippen LogP contribution in [0.4, 0.5) is 0 Å². The highest BCUT2D eigenvalue weighted by Crippen LogP contribution is 2.30. The molecule has 0 bridgehead atoms. The standard InChI is InChI=1S/C14H27NO2/c1-4-13(10(2)3)15-9-11-7-5-6-8-12(11)14(16)17/h10-13,15H,4-9H2,1-3H3,(H,16,17). The third-order valence-corrected chi connectivity index (χ3v) is 4.11. The molecule has 1 saturated carbocycles. The number of carbonyl (C=O) groups is 1. The fourth-order valence-electron chi connectivity index (χ4n) is 2.93. The third-order valence-electron chi connectivity index (χ3n) is 4.11. The maximum Gasteiger partial charge on any atom is 0.306 e. The van der Waals surface area contributed by atoms with E-state index in [4.69, 9.17) is 0 Å². The van der Waals surface area contributed by atoms with Crippen LogP contribution in [0.1, 0.15) is 52.9 Å². The molecule has 3 nitrogen and oxygen atoms in total. The summed E-state index contributed by atoms with van der Waals surface area (Å²) in [5.41, 5.74) is 0. The minimum Gasteiger partial charge on any atom is -0.481 e. The minimum absolute atomic E-state index is 0.124. The van der Waals surface area contributed by atoms with Crippen LogP contribution in [0.5, 0.6) is 0 Å². The van der Waals surface area contributed by atoms with Crippen molar-refractivity contribution in [2.75, 3.05) is 6.54 Å². The van der Waals surface area contributed by atoms with Crippen molar-refractivity contribution in [1.29, 1.82) is 0 Å². The average Bonchev–Trinajstić information content (AvgIpc) is 2.29. The zero-order valence-electron chi connectivity index (χ0n) is 11.4. The van der Waals surface area contributed by atoms with Crippen molar-refractivity contribution in [2.45, 2.75) is 58.9 Å². The predicted molar refractivity (Wildman–Crippen MR) is 70.0 cm³/mol. The number of hydrogen-bond acceptors (Lipinski definition) is 2. The molecular weight excluding hydrogens is 214 g/mol. The van der Waals surface area contributed by atoms with Crippen LogP contribution in [0.25, 0.3) is 0 Å². The average molecular weight is 241 g/mol. The largest absolute Gasteiger partial charge is 0.481 e. The Kier molecular flexibility index (Phi) is 5.96. The molecule has 1 rings (SSSR count). The fourth-order valence-corrected chi connectivity index (χ4v) is 2.93. The topological polar surface area (TPSA) is 49.3 Å². The molecule has 0 spiro atoms. The molecule has 100 valence electrons. The van der Waals surface area contributed by atoms with Gasteiger partial charge in [0.15, 0.2) is 0 Å². The molecule has 3 heteroatoms. The number of nitrogens with one attached hydrogen (secondary N) is 1. The van der Waals surface area contributed by atoms with Crippen LogP contribution in [-0.2, 0) is 4.79 Å². The Morgan fingerprint density at radius 1 is 1.35 bits per heavy atom. The molecular formula is C14H27NO2. The van der Waals surface area contributed by atoms with E-state index < -0.39 is 5.97 Å². The van der Waals surface area contributed by atoms with Crippen LogP contribution in [0.3, 0.4) is 0 Å². The molecule has 1 aliphatic carbocycles. The van der Waals surface area contributed by atoms with Crippen LogP contribution in [0, 0.1) is 17.8 Å². The van der Waals surface area contributed by atoms with E-state index in [-0.39, 0.29) is 5.92 Å². The molecule has 0 aromatic heterocycles. The molecule has 3 atom stereocenters. The molecule has 0 aliphatic heterocycles. The highest BCUT2D eigenvalue weighted by atomic mass is 16.4. The lowest BCUT2D eigenvalue weighted by Crippen LogP contribution is -2.41. The van der Waals surface area contributed by atoms with Crippen LogP contribution < -0.4 is 5.32 Å². The Hall–Kier alpha value is -0.570. The Morgan fingerprint density at radius 2 is 2.00 bits per heavy atom. The predicted octanol–water partition coefficient (Wildman–Crippen LogP) is 2.90. The van der Waals surface area contributed by atoms with Gasteiger partial charge in [0, 0.05) is 6.04 Å². The Labute approximate surface area is 105 Å². The van der Waals surface area contributed by atoms with Gasteiger partial charge in [0.25, 0.3) is 0 Å². The van der Waals surface area contributed by atoms with Crippen molar-refractivity contribution < 1.29 is 9.90 Å². The highest BCUT2D eigenvalue weighted by molar-refractivity contribution is 5.70. The number of carboxylic acid groups (broad SMARTS) is 1. The van der Waals surface area contributed by atoms with Gasteiger partial charge in [0.05, 0.1) is 5.92 Å². The van der Waals surface area contributed by atoms with E-state index in [1.54, 1.807) is 0 Å². The Bertz CT molecular complexity index is 240. The normalized spacial score (nSPS) is 27.1. The molecule has 0 heterocycles. The molecule has 0 aromatic carbocycles. The van der Waals surface area contributed by atoms with Crippen molar-refractivity contribution in [2.24, 2.45) is 17.8 Å². The summed E-state index contributed by atoms with van der Waals surface area (Å²) < 4.78 is 0. The van der Waals surface area contributed by atoms with Gasteiger partial charge in [-0.25, -0.2) is 0 Å². The second kappa shape index (κ2) is 7.00. The monoisotopic (exact) mass is 241 g/mol. The van der Waals surface area contributed by atoms with Gasteiger partial charge in [-0.15, -0.1) is 0 Å². The summed E-state index contributed by atoms with van der Waals surface area (Å²) in [6, 6.07) is 0.520. The molecule has 1 aliphatic rings. The minimum atomic E-state index is -0.603. The maximum atomic E-state index is 11.2. The summed E-state index contributed by atoms with van der Waals surface area (Å²) in [7, 11) is 0. The molecule has 3 unspecified atom stereocenters. The third kappa shape index (κ3) is 4.30. The van der Waals surface area contributed by atoms with E-state index in [9.17, 15) is 9.90 Å². The number of carboxylic acids is 1. The first-order chi connectivity index (χ1) is 8.06. The number of rotatable bonds is 6. The highest BCUT2D eigenvalue weighted by Gasteiger charge is 2.30. The first kappa shape index (κ1) is 14.5. The van der Waals surface area contributed by atoms with E-state index in [1.807, 2.05) is 0 Å². The summed E-state index contributed by atoms with van der Waals surface area (Å²) in [6.45, 7) is 7.49. The SMILES string of the molecule is CCC(NCC1CCCCC1C(=O)O)C(C)C. The molecule has 0 amide bonds. The van der Waals surface area contributed by atoms with E-state index in [0.29, 0.717) is 17.9 Å². The summed E-state index contributed by atoms with van der Waals surface area (Å²) in [4.78, 5) is 11.2. The Morgan fingerprint density at radius 3 is 2.53 bits per heavy atom. The lowest BCUT2D eigenvalue weighted by molar-refractivity contribution is -0.144. The zero-order chi connectivity index (χ0) is 12.8. The molecule has 2 N–H and O–H groups in total. The second-order valence-corrected chi connectivity index (χ2v) is 5.66. The summed E-state index contributed by atoms with van der Waals surface area (Å²) in [6.07, 6.45) is 5.31. The van der Waals surface area contributed by atoms with Crippen LogP contribution in [-0.4, -0.2) is 23.7 Å². The van der Waals surface area contributed by atoms with Crippen LogP contribution >= 0.6 is 0 Å². The van der Waals surface area contributed by atoms with Crippen molar-refractivity contribution in [3.8, 4) is 0 Å². The fraction of sp³-hybridized carbons (Fsp3) is 0.929. The van der Waals surface area contributed by atoms with E-state index in [2.05, 4.69) is 26.1 Å². The van der Waals surface area contributed by atoms with Crippen molar-refractivity contribution >= 4 is 5.97 Å². The van der Waals surface area contributed by atoms with Gasteiger partial charge >= 0.3 is 5.97 Å². The van der Waals surface area contributed by atoms with Crippen molar-refractivity contribution in [3.63, 3.8) is 0 Å². The molecule has 0 aromatic rings. The van der Waals surface area contributed by atoms with Gasteiger partial charge in [-0.3, -0.25) is 4.79 Å². The van der Waals surface area contributed by atoms with E-state index in [0.717, 1.165) is 32.2 Å². The van der Waals surface area contributed by atoms with Crippen molar-refractivity contribution in [3.05, 3.63) is 0 Å². The number of hydrogen-bond donors (Lipinski definition) is 2. The lowest BCUT2D eigenvalue weighted by Gasteiger charge is -2.31. The van der Waals surface area contributed by atoms with Crippen molar-refractivity contribution in [1.82, 2.24) is 5.32 Å². The second-order valence-electron chi connectivity index (χ2n) is 5.66. The zero-order valence-corrected chi connectivity index (χ0v) is 11.4. The Balaban J connectivity index is 2.45. The van der Waals surface area contributed by atoms with Crippen LogP contribution in [0.2, 0.25) is 0 Å². The molecule has 17 heavy (non-hydrogen) atoms. The first-order valence-corrected chi connectivity index (χ1v) is 7.02. The molecule has 0 radical (unpaired) electrons. The van der Waals surface area contributed by atoms with Crippen LogP contribution in [0.15, 0.2) is 0 Å². The van der Waals surface area contributed by atoms with Gasteiger partial charge in [0.2, 0.25) is 0 Å². The summed E-state index contributed by atoms with van der Waals surface area (Å²) in [5.74, 6) is 0.218. The summed E-state index contributed by atoms with van der Waals surface area (Å²) >= 11 is 0. The lowest BCUT2D eigenvalue weighted by atomic mass is 9.79.